The smallest absolute Gasteiger partial charge is 0.277 e. The molecule has 2 aromatic rings. The molecule has 0 aliphatic heterocycles. The number of pyridine rings is 1. The summed E-state index contributed by atoms with van der Waals surface area (Å²) < 4.78 is 5.40. The first-order chi connectivity index (χ1) is 10.6. The molecule has 1 amide bonds. The van der Waals surface area contributed by atoms with Gasteiger partial charge in [-0.05, 0) is 35.7 Å². The summed E-state index contributed by atoms with van der Waals surface area (Å²) in [5.74, 6) is 0.812. The lowest BCUT2D eigenvalue weighted by atomic mass is 10.0. The Labute approximate surface area is 130 Å². The Balaban J connectivity index is 1.77. The number of benzene rings is 1. The van der Waals surface area contributed by atoms with E-state index < -0.39 is 0 Å². The first kappa shape index (κ1) is 15.7. The number of rotatable bonds is 6. The van der Waals surface area contributed by atoms with E-state index in [9.17, 15) is 4.79 Å². The molecule has 1 heterocycles. The predicted octanol–water partition coefficient (Wildman–Crippen LogP) is 2.73. The zero-order chi connectivity index (χ0) is 15.8. The summed E-state index contributed by atoms with van der Waals surface area (Å²) in [4.78, 5) is 15.7. The second-order valence-electron chi connectivity index (χ2n) is 5.06. The molecule has 0 unspecified atom stereocenters. The first-order valence-corrected chi connectivity index (χ1v) is 7.11. The molecule has 1 N–H and O–H groups in total. The molecule has 22 heavy (non-hydrogen) atoms. The molecular formula is C17H19N3O2. The van der Waals surface area contributed by atoms with E-state index in [1.165, 1.54) is 11.8 Å². The minimum atomic E-state index is -0.319. The monoisotopic (exact) mass is 297 g/mol. The number of hydrazone groups is 1. The Bertz CT molecular complexity index is 622. The molecule has 1 aromatic heterocycles. The molecule has 114 valence electrons. The lowest BCUT2D eigenvalue weighted by Crippen LogP contribution is -2.24. The van der Waals surface area contributed by atoms with Crippen LogP contribution >= 0.6 is 0 Å². The molecule has 1 aromatic carbocycles. The lowest BCUT2D eigenvalue weighted by Gasteiger charge is -2.08. The van der Waals surface area contributed by atoms with E-state index >= 15 is 0 Å². The van der Waals surface area contributed by atoms with E-state index in [2.05, 4.69) is 29.4 Å². The van der Waals surface area contributed by atoms with Gasteiger partial charge in [0.1, 0.15) is 5.75 Å². The largest absolute Gasteiger partial charge is 0.484 e. The van der Waals surface area contributed by atoms with Crippen molar-refractivity contribution in [3.8, 4) is 5.75 Å². The summed E-state index contributed by atoms with van der Waals surface area (Å²) >= 11 is 0. The highest BCUT2D eigenvalue weighted by atomic mass is 16.5. The minimum Gasteiger partial charge on any atom is -0.484 e. The minimum absolute atomic E-state index is 0.0828. The summed E-state index contributed by atoms with van der Waals surface area (Å²) in [5.41, 5.74) is 4.30. The Morgan fingerprint density at radius 1 is 1.27 bits per heavy atom. The van der Waals surface area contributed by atoms with Crippen LogP contribution in [0.4, 0.5) is 0 Å². The molecule has 5 heteroatoms. The highest BCUT2D eigenvalue weighted by Crippen LogP contribution is 2.18. The van der Waals surface area contributed by atoms with Gasteiger partial charge in [-0.1, -0.05) is 32.0 Å². The van der Waals surface area contributed by atoms with Gasteiger partial charge in [-0.3, -0.25) is 9.78 Å². The SMILES string of the molecule is CC(C)c1ccc(OCC(=O)NN=Cc2ccccn2)cc1. The first-order valence-electron chi connectivity index (χ1n) is 7.11. The standard InChI is InChI=1S/C17H19N3O2/c1-13(2)14-6-8-16(9-7-14)22-12-17(21)20-19-11-15-5-3-4-10-18-15/h3-11,13H,12H2,1-2H3,(H,20,21). The summed E-state index contributed by atoms with van der Waals surface area (Å²) in [5, 5.41) is 3.82. The normalized spacial score (nSPS) is 10.9. The van der Waals surface area contributed by atoms with Gasteiger partial charge in [0.15, 0.2) is 6.61 Å². The van der Waals surface area contributed by atoms with Crippen molar-refractivity contribution in [2.45, 2.75) is 19.8 Å². The van der Waals surface area contributed by atoms with Crippen molar-refractivity contribution in [1.29, 1.82) is 0 Å². The van der Waals surface area contributed by atoms with Gasteiger partial charge in [0, 0.05) is 6.20 Å². The van der Waals surface area contributed by atoms with Crippen LogP contribution in [0.5, 0.6) is 5.75 Å². The predicted molar refractivity (Wildman–Crippen MR) is 86.0 cm³/mol. The van der Waals surface area contributed by atoms with Gasteiger partial charge in [0.2, 0.25) is 0 Å². The molecular weight excluding hydrogens is 278 g/mol. The van der Waals surface area contributed by atoms with Crippen LogP contribution in [0.3, 0.4) is 0 Å². The van der Waals surface area contributed by atoms with Crippen LogP contribution < -0.4 is 10.2 Å². The summed E-state index contributed by atoms with van der Waals surface area (Å²) in [7, 11) is 0. The average molecular weight is 297 g/mol. The van der Waals surface area contributed by atoms with Crippen LogP contribution in [-0.2, 0) is 4.79 Å². The Kier molecular flexibility index (Phi) is 5.65. The summed E-state index contributed by atoms with van der Waals surface area (Å²) in [6.07, 6.45) is 3.14. The maximum atomic E-state index is 11.6. The van der Waals surface area contributed by atoms with Gasteiger partial charge in [-0.15, -0.1) is 0 Å². The van der Waals surface area contributed by atoms with Crippen molar-refractivity contribution in [1.82, 2.24) is 10.4 Å². The quantitative estimate of drug-likeness (QED) is 0.658. The van der Waals surface area contributed by atoms with E-state index in [4.69, 9.17) is 4.74 Å². The molecule has 0 fully saturated rings. The molecule has 0 saturated heterocycles. The van der Waals surface area contributed by atoms with Crippen molar-refractivity contribution < 1.29 is 9.53 Å². The molecule has 0 spiro atoms. The fourth-order valence-electron chi connectivity index (χ4n) is 1.75. The topological polar surface area (TPSA) is 63.6 Å². The maximum absolute atomic E-state index is 11.6. The van der Waals surface area contributed by atoms with Crippen LogP contribution in [0.1, 0.15) is 31.0 Å². The van der Waals surface area contributed by atoms with E-state index in [1.54, 1.807) is 12.3 Å². The number of ether oxygens (including phenoxy) is 1. The van der Waals surface area contributed by atoms with Crippen LogP contribution in [0.15, 0.2) is 53.8 Å². The number of aromatic nitrogens is 1. The number of nitrogens with zero attached hydrogens (tertiary/aromatic N) is 2. The maximum Gasteiger partial charge on any atom is 0.277 e. The molecule has 0 atom stereocenters. The van der Waals surface area contributed by atoms with Crippen LogP contribution in [0.25, 0.3) is 0 Å². The highest BCUT2D eigenvalue weighted by molar-refractivity contribution is 5.81. The van der Waals surface area contributed by atoms with Crippen LogP contribution in [0.2, 0.25) is 0 Å². The van der Waals surface area contributed by atoms with Gasteiger partial charge in [-0.25, -0.2) is 5.43 Å². The molecule has 5 nitrogen and oxygen atoms in total. The van der Waals surface area contributed by atoms with Crippen molar-refractivity contribution in [2.75, 3.05) is 6.61 Å². The van der Waals surface area contributed by atoms with Crippen molar-refractivity contribution in [3.63, 3.8) is 0 Å². The van der Waals surface area contributed by atoms with E-state index in [0.717, 1.165) is 0 Å². The number of hydrogen-bond donors (Lipinski definition) is 1. The molecule has 0 aliphatic carbocycles. The number of amides is 1. The molecule has 0 radical (unpaired) electrons. The summed E-state index contributed by atoms with van der Waals surface area (Å²) in [6.45, 7) is 4.17. The van der Waals surface area contributed by atoms with Crippen molar-refractivity contribution in [2.24, 2.45) is 5.10 Å². The molecule has 0 bridgehead atoms. The van der Waals surface area contributed by atoms with E-state index in [1.807, 2.05) is 36.4 Å². The zero-order valence-electron chi connectivity index (χ0n) is 12.7. The molecule has 0 aliphatic rings. The van der Waals surface area contributed by atoms with Crippen LogP contribution in [-0.4, -0.2) is 23.7 Å². The summed E-state index contributed by atoms with van der Waals surface area (Å²) in [6, 6.07) is 13.2. The fraction of sp³-hybridized carbons (Fsp3) is 0.235. The number of nitrogens with one attached hydrogen (secondary N) is 1. The number of carbonyl (C=O) groups excluding carboxylic acids is 1. The fourth-order valence-corrected chi connectivity index (χ4v) is 1.75. The third-order valence-corrected chi connectivity index (χ3v) is 2.99. The lowest BCUT2D eigenvalue weighted by molar-refractivity contribution is -0.123. The molecule has 0 saturated carbocycles. The van der Waals surface area contributed by atoms with Crippen molar-refractivity contribution in [3.05, 3.63) is 59.9 Å². The Morgan fingerprint density at radius 3 is 2.68 bits per heavy atom. The van der Waals surface area contributed by atoms with Gasteiger partial charge in [0.05, 0.1) is 11.9 Å². The van der Waals surface area contributed by atoms with Crippen LogP contribution in [0, 0.1) is 0 Å². The van der Waals surface area contributed by atoms with Crippen molar-refractivity contribution >= 4 is 12.1 Å². The van der Waals surface area contributed by atoms with Gasteiger partial charge in [0.25, 0.3) is 5.91 Å². The van der Waals surface area contributed by atoms with Gasteiger partial charge >= 0.3 is 0 Å². The highest BCUT2D eigenvalue weighted by Gasteiger charge is 2.03. The third kappa shape index (κ3) is 5.01. The number of hydrogen-bond acceptors (Lipinski definition) is 4. The van der Waals surface area contributed by atoms with Gasteiger partial charge in [-0.2, -0.15) is 5.10 Å². The second-order valence-corrected chi connectivity index (χ2v) is 5.06. The van der Waals surface area contributed by atoms with E-state index in [-0.39, 0.29) is 12.5 Å². The molecule has 2 rings (SSSR count). The third-order valence-electron chi connectivity index (χ3n) is 2.99. The second kappa shape index (κ2) is 7.93. The Hall–Kier alpha value is -2.69. The Morgan fingerprint density at radius 2 is 2.05 bits per heavy atom. The van der Waals surface area contributed by atoms with E-state index in [0.29, 0.717) is 17.4 Å². The average Bonchev–Trinajstić information content (AvgIpc) is 2.54. The number of carbonyl (C=O) groups is 1. The zero-order valence-corrected chi connectivity index (χ0v) is 12.7. The van der Waals surface area contributed by atoms with Gasteiger partial charge < -0.3 is 4.74 Å².